The molecule has 86 valence electrons. The third kappa shape index (κ3) is 1.96. The average molecular weight is 221 g/mol. The zero-order chi connectivity index (χ0) is 11.2. The van der Waals surface area contributed by atoms with E-state index in [-0.39, 0.29) is 12.3 Å². The SMILES string of the molecule is CCC1CN(C(=O)[C@@H]2C[C@H]2C(F)(F)F)C1. The first-order valence-corrected chi connectivity index (χ1v) is 5.29. The molecule has 0 aromatic heterocycles. The van der Waals surface area contributed by atoms with Crippen LogP contribution in [0, 0.1) is 17.8 Å². The second kappa shape index (κ2) is 3.39. The lowest BCUT2D eigenvalue weighted by Gasteiger charge is -2.39. The van der Waals surface area contributed by atoms with Crippen LogP contribution in [0.5, 0.6) is 0 Å². The number of alkyl halides is 3. The van der Waals surface area contributed by atoms with Crippen molar-refractivity contribution in [1.29, 1.82) is 0 Å². The van der Waals surface area contributed by atoms with Crippen LogP contribution in [-0.2, 0) is 4.79 Å². The van der Waals surface area contributed by atoms with Gasteiger partial charge in [0.2, 0.25) is 5.91 Å². The highest BCUT2D eigenvalue weighted by atomic mass is 19.4. The van der Waals surface area contributed by atoms with E-state index in [1.807, 2.05) is 6.92 Å². The molecule has 0 N–H and O–H groups in total. The van der Waals surface area contributed by atoms with Gasteiger partial charge in [-0.25, -0.2) is 0 Å². The van der Waals surface area contributed by atoms with Crippen molar-refractivity contribution in [2.75, 3.05) is 13.1 Å². The number of halogens is 3. The first-order chi connectivity index (χ1) is 6.93. The van der Waals surface area contributed by atoms with E-state index in [0.717, 1.165) is 6.42 Å². The normalized spacial score (nSPS) is 31.3. The minimum atomic E-state index is -4.19. The molecule has 0 aromatic rings. The zero-order valence-corrected chi connectivity index (χ0v) is 8.55. The molecule has 0 radical (unpaired) electrons. The summed E-state index contributed by atoms with van der Waals surface area (Å²) in [5.74, 6) is -1.94. The summed E-state index contributed by atoms with van der Waals surface area (Å²) >= 11 is 0. The first-order valence-electron chi connectivity index (χ1n) is 5.29. The Hall–Kier alpha value is -0.740. The minimum absolute atomic E-state index is 0.00434. The average Bonchev–Trinajstić information content (AvgIpc) is 2.78. The number of rotatable bonds is 2. The smallest absolute Gasteiger partial charge is 0.342 e. The highest BCUT2D eigenvalue weighted by Gasteiger charge is 2.60. The highest BCUT2D eigenvalue weighted by Crippen LogP contribution is 2.51. The van der Waals surface area contributed by atoms with Crippen LogP contribution in [0.25, 0.3) is 0 Å². The van der Waals surface area contributed by atoms with Gasteiger partial charge in [-0.2, -0.15) is 13.2 Å². The Morgan fingerprint density at radius 3 is 2.40 bits per heavy atom. The van der Waals surface area contributed by atoms with Crippen LogP contribution in [0.1, 0.15) is 19.8 Å². The Balaban J connectivity index is 1.81. The Labute approximate surface area is 86.4 Å². The third-order valence-corrected chi connectivity index (χ3v) is 3.37. The fourth-order valence-corrected chi connectivity index (χ4v) is 2.07. The summed E-state index contributed by atoms with van der Waals surface area (Å²) in [6, 6.07) is 0. The number of hydrogen-bond acceptors (Lipinski definition) is 1. The lowest BCUT2D eigenvalue weighted by Crippen LogP contribution is -2.50. The Kier molecular flexibility index (Phi) is 2.43. The van der Waals surface area contributed by atoms with E-state index in [2.05, 4.69) is 0 Å². The molecule has 2 atom stereocenters. The third-order valence-electron chi connectivity index (χ3n) is 3.37. The van der Waals surface area contributed by atoms with E-state index in [1.54, 1.807) is 4.90 Å². The van der Waals surface area contributed by atoms with Crippen LogP contribution in [-0.4, -0.2) is 30.1 Å². The maximum Gasteiger partial charge on any atom is 0.392 e. The molecular weight excluding hydrogens is 207 g/mol. The molecule has 1 heterocycles. The lowest BCUT2D eigenvalue weighted by molar-refractivity contribution is -0.159. The highest BCUT2D eigenvalue weighted by molar-refractivity contribution is 5.82. The zero-order valence-electron chi connectivity index (χ0n) is 8.55. The number of hydrogen-bond donors (Lipinski definition) is 0. The molecule has 1 aliphatic heterocycles. The summed E-state index contributed by atoms with van der Waals surface area (Å²) < 4.78 is 36.6. The van der Waals surface area contributed by atoms with Crippen LogP contribution < -0.4 is 0 Å². The van der Waals surface area contributed by atoms with Gasteiger partial charge in [0.05, 0.1) is 11.8 Å². The number of likely N-dealkylation sites (tertiary alicyclic amines) is 1. The van der Waals surface area contributed by atoms with Crippen LogP contribution >= 0.6 is 0 Å². The van der Waals surface area contributed by atoms with Crippen LogP contribution in [0.3, 0.4) is 0 Å². The molecule has 2 fully saturated rings. The fraction of sp³-hybridized carbons (Fsp3) is 0.900. The largest absolute Gasteiger partial charge is 0.392 e. The molecule has 5 heteroatoms. The van der Waals surface area contributed by atoms with E-state index in [9.17, 15) is 18.0 Å². The van der Waals surface area contributed by atoms with Gasteiger partial charge in [-0.3, -0.25) is 4.79 Å². The van der Waals surface area contributed by atoms with Crippen LogP contribution in [0.2, 0.25) is 0 Å². The molecule has 1 saturated carbocycles. The van der Waals surface area contributed by atoms with E-state index in [0.29, 0.717) is 19.0 Å². The summed E-state index contributed by atoms with van der Waals surface area (Å²) in [5, 5.41) is 0. The minimum Gasteiger partial charge on any atom is -0.342 e. The summed E-state index contributed by atoms with van der Waals surface area (Å²) in [4.78, 5) is 13.1. The van der Waals surface area contributed by atoms with Gasteiger partial charge < -0.3 is 4.90 Å². The molecule has 0 spiro atoms. The fourth-order valence-electron chi connectivity index (χ4n) is 2.07. The van der Waals surface area contributed by atoms with Crippen molar-refractivity contribution < 1.29 is 18.0 Å². The molecule has 0 bridgehead atoms. The van der Waals surface area contributed by atoms with Crippen molar-refractivity contribution in [3.8, 4) is 0 Å². The van der Waals surface area contributed by atoms with Gasteiger partial charge in [0, 0.05) is 13.1 Å². The second-order valence-corrected chi connectivity index (χ2v) is 4.51. The molecule has 1 aliphatic carbocycles. The Morgan fingerprint density at radius 2 is 2.00 bits per heavy atom. The van der Waals surface area contributed by atoms with Crippen LogP contribution in [0.15, 0.2) is 0 Å². The number of nitrogens with zero attached hydrogens (tertiary/aromatic N) is 1. The van der Waals surface area contributed by atoms with Crippen molar-refractivity contribution in [1.82, 2.24) is 4.90 Å². The maximum absolute atomic E-state index is 12.2. The summed E-state index contributed by atoms with van der Waals surface area (Å²) in [7, 11) is 0. The quantitative estimate of drug-likeness (QED) is 0.698. The van der Waals surface area contributed by atoms with Crippen LogP contribution in [0.4, 0.5) is 13.2 Å². The molecular formula is C10H14F3NO. The van der Waals surface area contributed by atoms with Gasteiger partial charge in [-0.15, -0.1) is 0 Å². The van der Waals surface area contributed by atoms with E-state index >= 15 is 0 Å². The Morgan fingerprint density at radius 1 is 1.40 bits per heavy atom. The van der Waals surface area contributed by atoms with Gasteiger partial charge >= 0.3 is 6.18 Å². The molecule has 0 aromatic carbocycles. The number of amides is 1. The molecule has 1 amide bonds. The summed E-state index contributed by atoms with van der Waals surface area (Å²) in [6.07, 6.45) is -3.19. The van der Waals surface area contributed by atoms with Crippen molar-refractivity contribution in [3.63, 3.8) is 0 Å². The standard InChI is InChI=1S/C10H14F3NO/c1-2-6-4-14(5-6)9(15)7-3-8(7)10(11,12)13/h6-8H,2-5H2,1H3/t7-,8-/m1/s1. The Bertz CT molecular complexity index is 270. The van der Waals surface area contributed by atoms with Gasteiger partial charge in [0.25, 0.3) is 0 Å². The van der Waals surface area contributed by atoms with Crippen molar-refractivity contribution >= 4 is 5.91 Å². The topological polar surface area (TPSA) is 20.3 Å². The van der Waals surface area contributed by atoms with E-state index in [4.69, 9.17) is 0 Å². The monoisotopic (exact) mass is 221 g/mol. The lowest BCUT2D eigenvalue weighted by atomic mass is 9.97. The summed E-state index contributed by atoms with van der Waals surface area (Å²) in [6.45, 7) is 3.33. The van der Waals surface area contributed by atoms with Crippen molar-refractivity contribution in [2.45, 2.75) is 25.9 Å². The molecule has 15 heavy (non-hydrogen) atoms. The van der Waals surface area contributed by atoms with E-state index in [1.165, 1.54) is 0 Å². The maximum atomic E-state index is 12.2. The van der Waals surface area contributed by atoms with Crippen molar-refractivity contribution in [3.05, 3.63) is 0 Å². The van der Waals surface area contributed by atoms with Gasteiger partial charge in [0.15, 0.2) is 0 Å². The first kappa shape index (κ1) is 10.8. The predicted octanol–water partition coefficient (Wildman–Crippen LogP) is 2.05. The summed E-state index contributed by atoms with van der Waals surface area (Å²) in [5.41, 5.74) is 0. The molecule has 0 unspecified atom stereocenters. The number of carbonyl (C=O) groups excluding carboxylic acids is 1. The van der Waals surface area contributed by atoms with Crippen molar-refractivity contribution in [2.24, 2.45) is 17.8 Å². The van der Waals surface area contributed by atoms with Gasteiger partial charge in [-0.1, -0.05) is 6.92 Å². The van der Waals surface area contributed by atoms with Gasteiger partial charge in [-0.05, 0) is 18.8 Å². The number of carbonyl (C=O) groups is 1. The molecule has 2 aliphatic rings. The second-order valence-electron chi connectivity index (χ2n) is 4.51. The molecule has 1 saturated heterocycles. The predicted molar refractivity (Wildman–Crippen MR) is 48.0 cm³/mol. The molecule has 2 nitrogen and oxygen atoms in total. The molecule has 2 rings (SSSR count). The van der Waals surface area contributed by atoms with Gasteiger partial charge in [0.1, 0.15) is 0 Å². The van der Waals surface area contributed by atoms with E-state index < -0.39 is 18.0 Å².